The normalized spacial score (nSPS) is 12.6. The molecule has 1 heterocycles. The van der Waals surface area contributed by atoms with E-state index in [-0.39, 0.29) is 11.9 Å². The predicted octanol–water partition coefficient (Wildman–Crippen LogP) is 6.46. The van der Waals surface area contributed by atoms with Crippen LogP contribution in [0.2, 0.25) is 0 Å². The highest BCUT2D eigenvalue weighted by atomic mass is 79.9. The molecular formula is C15H15Br3FNS. The lowest BCUT2D eigenvalue weighted by Gasteiger charge is -2.17. The van der Waals surface area contributed by atoms with E-state index >= 15 is 0 Å². The summed E-state index contributed by atoms with van der Waals surface area (Å²) in [7, 11) is 0. The predicted molar refractivity (Wildman–Crippen MR) is 98.6 cm³/mol. The fourth-order valence-electron chi connectivity index (χ4n) is 2.03. The maximum absolute atomic E-state index is 14.1. The molecule has 2 rings (SSSR count). The van der Waals surface area contributed by atoms with Crippen LogP contribution in [0.1, 0.15) is 29.8 Å². The minimum absolute atomic E-state index is 0.119. The number of rotatable bonds is 6. The maximum Gasteiger partial charge on any atom is 0.127 e. The van der Waals surface area contributed by atoms with Gasteiger partial charge in [-0.2, -0.15) is 0 Å². The lowest BCUT2D eigenvalue weighted by molar-refractivity contribution is 0.519. The van der Waals surface area contributed by atoms with E-state index in [0.717, 1.165) is 31.3 Å². The Hall–Kier alpha value is 0.250. The van der Waals surface area contributed by atoms with E-state index in [1.165, 1.54) is 10.9 Å². The molecule has 0 bridgehead atoms. The van der Waals surface area contributed by atoms with E-state index in [4.69, 9.17) is 0 Å². The van der Waals surface area contributed by atoms with Gasteiger partial charge in [-0.1, -0.05) is 28.9 Å². The van der Waals surface area contributed by atoms with E-state index in [1.807, 2.05) is 12.1 Å². The third-order valence-electron chi connectivity index (χ3n) is 3.09. The van der Waals surface area contributed by atoms with Crippen molar-refractivity contribution >= 4 is 59.1 Å². The van der Waals surface area contributed by atoms with Crippen molar-refractivity contribution in [2.75, 3.05) is 6.54 Å². The van der Waals surface area contributed by atoms with Crippen molar-refractivity contribution in [2.24, 2.45) is 0 Å². The molecule has 0 aliphatic carbocycles. The first-order chi connectivity index (χ1) is 10.0. The summed E-state index contributed by atoms with van der Waals surface area (Å²) in [6, 6.07) is 7.46. The van der Waals surface area contributed by atoms with Crippen molar-refractivity contribution in [1.29, 1.82) is 0 Å². The molecule has 1 N–H and O–H groups in total. The Bertz CT molecular complexity index is 595. The SMILES string of the molecule is CCCNC(Cc1ccc(Br)cc1F)c1cc(Br)c(Br)s1. The Morgan fingerprint density at radius 3 is 2.57 bits per heavy atom. The van der Waals surface area contributed by atoms with Crippen molar-refractivity contribution < 1.29 is 4.39 Å². The molecule has 0 aliphatic heterocycles. The van der Waals surface area contributed by atoms with Gasteiger partial charge in [0, 0.05) is 19.9 Å². The Kier molecular flexibility index (Phi) is 6.87. The highest BCUT2D eigenvalue weighted by Gasteiger charge is 2.17. The summed E-state index contributed by atoms with van der Waals surface area (Å²) in [5, 5.41) is 3.51. The van der Waals surface area contributed by atoms with Gasteiger partial charge in [0.25, 0.3) is 0 Å². The van der Waals surface area contributed by atoms with Crippen LogP contribution < -0.4 is 5.32 Å². The quantitative estimate of drug-likeness (QED) is 0.481. The average molecular weight is 500 g/mol. The fourth-order valence-corrected chi connectivity index (χ4v) is 4.53. The monoisotopic (exact) mass is 497 g/mol. The molecule has 0 spiro atoms. The molecular weight excluding hydrogens is 485 g/mol. The van der Waals surface area contributed by atoms with E-state index in [0.29, 0.717) is 6.42 Å². The van der Waals surface area contributed by atoms with E-state index in [9.17, 15) is 4.39 Å². The molecule has 0 saturated heterocycles. The lowest BCUT2D eigenvalue weighted by atomic mass is 10.0. The van der Waals surface area contributed by atoms with Gasteiger partial charge in [-0.05, 0) is 75.0 Å². The third kappa shape index (κ3) is 4.86. The molecule has 0 fully saturated rings. The lowest BCUT2D eigenvalue weighted by Crippen LogP contribution is -2.23. The van der Waals surface area contributed by atoms with Crippen molar-refractivity contribution in [3.63, 3.8) is 0 Å². The number of hydrogen-bond donors (Lipinski definition) is 1. The summed E-state index contributed by atoms with van der Waals surface area (Å²) in [5.74, 6) is -0.164. The minimum Gasteiger partial charge on any atom is -0.309 e. The Balaban J connectivity index is 2.23. The van der Waals surface area contributed by atoms with Crippen molar-refractivity contribution in [3.8, 4) is 0 Å². The summed E-state index contributed by atoms with van der Waals surface area (Å²) >= 11 is 12.0. The largest absolute Gasteiger partial charge is 0.309 e. The van der Waals surface area contributed by atoms with Crippen LogP contribution in [0.25, 0.3) is 0 Å². The molecule has 0 aliphatic rings. The zero-order chi connectivity index (χ0) is 15.4. The van der Waals surface area contributed by atoms with Gasteiger partial charge in [-0.25, -0.2) is 4.39 Å². The van der Waals surface area contributed by atoms with Gasteiger partial charge in [0.1, 0.15) is 5.82 Å². The highest BCUT2D eigenvalue weighted by Crippen LogP contribution is 2.36. The second kappa shape index (κ2) is 8.20. The van der Waals surface area contributed by atoms with Crippen LogP contribution in [0.3, 0.4) is 0 Å². The number of hydrogen-bond acceptors (Lipinski definition) is 2. The number of benzene rings is 1. The first kappa shape index (κ1) is 17.6. The van der Waals surface area contributed by atoms with Crippen LogP contribution >= 0.6 is 59.1 Å². The van der Waals surface area contributed by atoms with Gasteiger partial charge < -0.3 is 5.32 Å². The van der Waals surface area contributed by atoms with Crippen LogP contribution in [0.5, 0.6) is 0 Å². The van der Waals surface area contributed by atoms with Crippen molar-refractivity contribution in [3.05, 3.63) is 53.3 Å². The maximum atomic E-state index is 14.1. The first-order valence-corrected chi connectivity index (χ1v) is 9.82. The van der Waals surface area contributed by atoms with Gasteiger partial charge in [0.2, 0.25) is 0 Å². The minimum atomic E-state index is -0.164. The third-order valence-corrected chi connectivity index (χ3v) is 6.95. The van der Waals surface area contributed by atoms with Crippen LogP contribution in [0, 0.1) is 5.82 Å². The van der Waals surface area contributed by atoms with Gasteiger partial charge in [0.15, 0.2) is 0 Å². The second-order valence-corrected chi connectivity index (χ2v) is 8.89. The summed E-state index contributed by atoms with van der Waals surface area (Å²) in [6.07, 6.45) is 1.69. The molecule has 1 aromatic heterocycles. The molecule has 1 atom stereocenters. The van der Waals surface area contributed by atoms with Gasteiger partial charge in [-0.15, -0.1) is 11.3 Å². The highest BCUT2D eigenvalue weighted by molar-refractivity contribution is 9.13. The fraction of sp³-hybridized carbons (Fsp3) is 0.333. The van der Waals surface area contributed by atoms with Crippen LogP contribution in [0.4, 0.5) is 4.39 Å². The van der Waals surface area contributed by atoms with Gasteiger partial charge in [0.05, 0.1) is 3.79 Å². The van der Waals surface area contributed by atoms with Gasteiger partial charge >= 0.3 is 0 Å². The Labute approximate surface area is 153 Å². The van der Waals surface area contributed by atoms with Gasteiger partial charge in [-0.3, -0.25) is 0 Å². The first-order valence-electron chi connectivity index (χ1n) is 6.63. The molecule has 0 radical (unpaired) electrons. The standard InChI is InChI=1S/C15H15Br3FNS/c1-2-5-20-13(14-8-11(17)15(18)21-14)6-9-3-4-10(16)7-12(9)19/h3-4,7-8,13,20H,2,5-6H2,1H3. The summed E-state index contributed by atoms with van der Waals surface area (Å²) in [6.45, 7) is 3.04. The molecule has 1 unspecified atom stereocenters. The van der Waals surface area contributed by atoms with E-state index in [1.54, 1.807) is 11.3 Å². The molecule has 1 nitrogen and oxygen atoms in total. The van der Waals surface area contributed by atoms with E-state index in [2.05, 4.69) is 66.1 Å². The Morgan fingerprint density at radius 1 is 1.24 bits per heavy atom. The molecule has 2 aromatic rings. The average Bonchev–Trinajstić information content (AvgIpc) is 2.77. The zero-order valence-corrected chi connectivity index (χ0v) is 17.0. The molecule has 21 heavy (non-hydrogen) atoms. The molecule has 0 amide bonds. The zero-order valence-electron chi connectivity index (χ0n) is 11.4. The smallest absolute Gasteiger partial charge is 0.127 e. The van der Waals surface area contributed by atoms with E-state index < -0.39 is 0 Å². The van der Waals surface area contributed by atoms with Crippen molar-refractivity contribution in [1.82, 2.24) is 5.32 Å². The van der Waals surface area contributed by atoms with Crippen molar-refractivity contribution in [2.45, 2.75) is 25.8 Å². The summed E-state index contributed by atoms with van der Waals surface area (Å²) in [5.41, 5.74) is 0.729. The molecule has 114 valence electrons. The molecule has 1 aromatic carbocycles. The van der Waals surface area contributed by atoms with Crippen LogP contribution in [0.15, 0.2) is 37.0 Å². The number of halogens is 4. The number of nitrogens with one attached hydrogen (secondary N) is 1. The van der Waals surface area contributed by atoms with Crippen LogP contribution in [-0.2, 0) is 6.42 Å². The van der Waals surface area contributed by atoms with Crippen LogP contribution in [-0.4, -0.2) is 6.54 Å². The second-order valence-electron chi connectivity index (χ2n) is 4.72. The summed E-state index contributed by atoms with van der Waals surface area (Å²) in [4.78, 5) is 1.20. The topological polar surface area (TPSA) is 12.0 Å². The molecule has 6 heteroatoms. The number of thiophene rings is 1. The summed E-state index contributed by atoms with van der Waals surface area (Å²) < 4.78 is 16.9. The Morgan fingerprint density at radius 2 is 2.00 bits per heavy atom. The molecule has 0 saturated carbocycles.